The summed E-state index contributed by atoms with van der Waals surface area (Å²) < 4.78 is 0.883. The molecule has 1 aromatic heterocycles. The van der Waals surface area contributed by atoms with E-state index in [-0.39, 0.29) is 11.8 Å². The minimum absolute atomic E-state index is 0.00996. The lowest BCUT2D eigenvalue weighted by molar-refractivity contribution is -0.120. The summed E-state index contributed by atoms with van der Waals surface area (Å²) >= 11 is 3.45. The number of carbonyl (C=O) groups excluding carboxylic acids is 1. The summed E-state index contributed by atoms with van der Waals surface area (Å²) in [6, 6.07) is 13.6. The topological polar surface area (TPSA) is 69.0 Å². The molecular formula is C19H19BrN4O. The summed E-state index contributed by atoms with van der Waals surface area (Å²) in [5, 5.41) is 12.1. The Labute approximate surface area is 155 Å². The predicted octanol–water partition coefficient (Wildman–Crippen LogP) is 3.88. The van der Waals surface area contributed by atoms with Crippen molar-refractivity contribution in [1.82, 2.24) is 4.98 Å². The smallest absolute Gasteiger partial charge is 0.227 e. The monoisotopic (exact) mass is 398 g/mol. The molecule has 3 rings (SSSR count). The molecule has 2 heterocycles. The van der Waals surface area contributed by atoms with E-state index in [0.717, 1.165) is 47.5 Å². The van der Waals surface area contributed by atoms with Crippen LogP contribution in [0.4, 0.5) is 11.5 Å². The molecule has 1 aromatic carbocycles. The summed E-state index contributed by atoms with van der Waals surface area (Å²) in [5.41, 5.74) is 2.15. The van der Waals surface area contributed by atoms with Crippen LogP contribution in [0, 0.1) is 24.2 Å². The molecular weight excluding hydrogens is 380 g/mol. The maximum Gasteiger partial charge on any atom is 0.227 e. The summed E-state index contributed by atoms with van der Waals surface area (Å²) in [6.07, 6.45) is 1.54. The van der Waals surface area contributed by atoms with E-state index < -0.39 is 0 Å². The van der Waals surface area contributed by atoms with Gasteiger partial charge in [0.2, 0.25) is 5.91 Å². The Bertz CT molecular complexity index is 822. The highest BCUT2D eigenvalue weighted by atomic mass is 79.9. The number of rotatable bonds is 3. The summed E-state index contributed by atoms with van der Waals surface area (Å²) in [5.74, 6) is 0.859. The van der Waals surface area contributed by atoms with Crippen molar-refractivity contribution in [2.75, 3.05) is 23.3 Å². The first kappa shape index (κ1) is 17.4. The molecule has 0 aliphatic carbocycles. The van der Waals surface area contributed by atoms with Crippen molar-refractivity contribution < 1.29 is 4.79 Å². The number of anilines is 2. The van der Waals surface area contributed by atoms with Crippen molar-refractivity contribution in [3.63, 3.8) is 0 Å². The van der Waals surface area contributed by atoms with Crippen molar-refractivity contribution >= 4 is 33.3 Å². The van der Waals surface area contributed by atoms with Gasteiger partial charge in [-0.05, 0) is 59.5 Å². The first-order chi connectivity index (χ1) is 12.1. The molecule has 0 radical (unpaired) electrons. The van der Waals surface area contributed by atoms with Crippen molar-refractivity contribution in [1.29, 1.82) is 5.26 Å². The van der Waals surface area contributed by atoms with E-state index in [1.165, 1.54) is 0 Å². The number of nitrogens with one attached hydrogen (secondary N) is 1. The zero-order chi connectivity index (χ0) is 17.8. The minimum atomic E-state index is -0.00996. The van der Waals surface area contributed by atoms with Crippen LogP contribution < -0.4 is 10.2 Å². The highest BCUT2D eigenvalue weighted by Crippen LogP contribution is 2.26. The molecule has 0 saturated carbocycles. The zero-order valence-electron chi connectivity index (χ0n) is 14.0. The van der Waals surface area contributed by atoms with Gasteiger partial charge in [0.05, 0.1) is 5.69 Å². The Morgan fingerprint density at radius 3 is 2.68 bits per heavy atom. The van der Waals surface area contributed by atoms with E-state index in [1.807, 2.05) is 43.3 Å². The van der Waals surface area contributed by atoms with Crippen molar-refractivity contribution in [2.45, 2.75) is 19.8 Å². The van der Waals surface area contributed by atoms with Crippen molar-refractivity contribution in [3.8, 4) is 6.07 Å². The molecule has 2 aromatic rings. The third kappa shape index (κ3) is 3.99. The predicted molar refractivity (Wildman–Crippen MR) is 101 cm³/mol. The second kappa shape index (κ2) is 7.66. The molecule has 0 bridgehead atoms. The van der Waals surface area contributed by atoms with Gasteiger partial charge in [-0.25, -0.2) is 4.98 Å². The Morgan fingerprint density at radius 1 is 1.28 bits per heavy atom. The number of amides is 1. The van der Waals surface area contributed by atoms with Crippen LogP contribution in [0.25, 0.3) is 0 Å². The molecule has 1 saturated heterocycles. The van der Waals surface area contributed by atoms with Gasteiger partial charge in [-0.1, -0.05) is 18.2 Å². The van der Waals surface area contributed by atoms with Gasteiger partial charge >= 0.3 is 0 Å². The van der Waals surface area contributed by atoms with Crippen LogP contribution in [0.3, 0.4) is 0 Å². The van der Waals surface area contributed by atoms with E-state index >= 15 is 0 Å². The molecule has 1 fully saturated rings. The van der Waals surface area contributed by atoms with Crippen LogP contribution in [0.1, 0.15) is 24.1 Å². The lowest BCUT2D eigenvalue weighted by atomic mass is 9.95. The zero-order valence-corrected chi connectivity index (χ0v) is 15.6. The molecule has 1 aliphatic heterocycles. The van der Waals surface area contributed by atoms with Crippen LogP contribution in [-0.4, -0.2) is 24.0 Å². The Hall–Kier alpha value is -2.39. The van der Waals surface area contributed by atoms with Crippen LogP contribution in [0.5, 0.6) is 0 Å². The van der Waals surface area contributed by atoms with Gasteiger partial charge in [-0.3, -0.25) is 4.79 Å². The summed E-state index contributed by atoms with van der Waals surface area (Å²) in [4.78, 5) is 19.1. The molecule has 1 aliphatic rings. The number of aromatic nitrogens is 1. The van der Waals surface area contributed by atoms with Gasteiger partial charge in [0, 0.05) is 23.5 Å². The third-order valence-corrected chi connectivity index (χ3v) is 5.20. The summed E-state index contributed by atoms with van der Waals surface area (Å²) in [6.45, 7) is 3.40. The van der Waals surface area contributed by atoms with E-state index in [4.69, 9.17) is 5.26 Å². The standard InChI is InChI=1S/C19H19BrN4O/c1-13-6-7-18(22-17(13)12-21)24-10-8-14(9-11-24)19(25)23-16-5-3-2-4-15(16)20/h2-7,14H,8-11H2,1H3,(H,23,25). The number of halogens is 1. The van der Waals surface area contributed by atoms with Crippen molar-refractivity contribution in [3.05, 3.63) is 52.1 Å². The lowest BCUT2D eigenvalue weighted by Crippen LogP contribution is -2.38. The number of pyridine rings is 1. The quantitative estimate of drug-likeness (QED) is 0.851. The number of piperidine rings is 1. The van der Waals surface area contributed by atoms with E-state index in [0.29, 0.717) is 5.69 Å². The number of benzene rings is 1. The third-order valence-electron chi connectivity index (χ3n) is 4.51. The second-order valence-corrected chi connectivity index (χ2v) is 7.03. The average Bonchev–Trinajstić information content (AvgIpc) is 2.64. The van der Waals surface area contributed by atoms with Crippen LogP contribution in [0.15, 0.2) is 40.9 Å². The summed E-state index contributed by atoms with van der Waals surface area (Å²) in [7, 11) is 0. The molecule has 0 unspecified atom stereocenters. The maximum atomic E-state index is 12.5. The first-order valence-corrected chi connectivity index (χ1v) is 9.06. The van der Waals surface area contributed by atoms with E-state index in [9.17, 15) is 4.79 Å². The molecule has 1 amide bonds. The largest absolute Gasteiger partial charge is 0.357 e. The van der Waals surface area contributed by atoms with Gasteiger partial charge in [0.1, 0.15) is 17.6 Å². The number of hydrogen-bond acceptors (Lipinski definition) is 4. The SMILES string of the molecule is Cc1ccc(N2CCC(C(=O)Nc3ccccc3Br)CC2)nc1C#N. The van der Waals surface area contributed by atoms with Gasteiger partial charge in [-0.15, -0.1) is 0 Å². The van der Waals surface area contributed by atoms with Crippen LogP contribution in [0.2, 0.25) is 0 Å². The second-order valence-electron chi connectivity index (χ2n) is 6.18. The normalized spacial score (nSPS) is 14.8. The number of hydrogen-bond donors (Lipinski definition) is 1. The number of aryl methyl sites for hydroxylation is 1. The van der Waals surface area contributed by atoms with Crippen molar-refractivity contribution in [2.24, 2.45) is 5.92 Å². The van der Waals surface area contributed by atoms with Crippen LogP contribution >= 0.6 is 15.9 Å². The van der Waals surface area contributed by atoms with Gasteiger partial charge < -0.3 is 10.2 Å². The maximum absolute atomic E-state index is 12.5. The Balaban J connectivity index is 1.61. The fourth-order valence-electron chi connectivity index (χ4n) is 2.98. The van der Waals surface area contributed by atoms with E-state index in [2.05, 4.69) is 37.2 Å². The molecule has 0 spiro atoms. The number of carbonyl (C=O) groups is 1. The Kier molecular flexibility index (Phi) is 5.34. The fraction of sp³-hybridized carbons (Fsp3) is 0.316. The highest BCUT2D eigenvalue weighted by molar-refractivity contribution is 9.10. The molecule has 5 nitrogen and oxygen atoms in total. The number of para-hydroxylation sites is 1. The average molecular weight is 399 g/mol. The highest BCUT2D eigenvalue weighted by Gasteiger charge is 2.26. The Morgan fingerprint density at radius 2 is 2.00 bits per heavy atom. The number of nitriles is 1. The number of nitrogens with zero attached hydrogens (tertiary/aromatic N) is 3. The first-order valence-electron chi connectivity index (χ1n) is 8.26. The molecule has 128 valence electrons. The van der Waals surface area contributed by atoms with Crippen LogP contribution in [-0.2, 0) is 4.79 Å². The molecule has 25 heavy (non-hydrogen) atoms. The van der Waals surface area contributed by atoms with E-state index in [1.54, 1.807) is 0 Å². The molecule has 6 heteroatoms. The molecule has 1 N–H and O–H groups in total. The van der Waals surface area contributed by atoms with Gasteiger partial charge in [0.15, 0.2) is 0 Å². The lowest BCUT2D eigenvalue weighted by Gasteiger charge is -2.32. The minimum Gasteiger partial charge on any atom is -0.357 e. The fourth-order valence-corrected chi connectivity index (χ4v) is 3.36. The molecule has 0 atom stereocenters. The van der Waals surface area contributed by atoms with Gasteiger partial charge in [0.25, 0.3) is 0 Å². The van der Waals surface area contributed by atoms with Gasteiger partial charge in [-0.2, -0.15) is 5.26 Å².